The Morgan fingerprint density at radius 2 is 2.18 bits per heavy atom. The molecule has 0 spiro atoms. The van der Waals surface area contributed by atoms with Gasteiger partial charge in [0.05, 0.1) is 16.7 Å². The SMILES string of the molecule is CC1(C)Oc2c(F)cc([N+](=O)[O-])cc2NC1=S. The van der Waals surface area contributed by atoms with Crippen LogP contribution < -0.4 is 10.1 Å². The highest BCUT2D eigenvalue weighted by Crippen LogP contribution is 2.38. The molecule has 0 aliphatic carbocycles. The lowest BCUT2D eigenvalue weighted by atomic mass is 10.1. The van der Waals surface area contributed by atoms with Crippen LogP contribution in [0.15, 0.2) is 12.1 Å². The van der Waals surface area contributed by atoms with E-state index in [1.807, 2.05) is 0 Å². The number of hydrogen-bond donors (Lipinski definition) is 1. The third kappa shape index (κ3) is 1.93. The van der Waals surface area contributed by atoms with E-state index >= 15 is 0 Å². The second-order valence-electron chi connectivity index (χ2n) is 4.13. The van der Waals surface area contributed by atoms with E-state index in [4.69, 9.17) is 17.0 Å². The third-order valence-electron chi connectivity index (χ3n) is 2.39. The van der Waals surface area contributed by atoms with Crippen molar-refractivity contribution in [2.45, 2.75) is 19.4 Å². The molecule has 0 unspecified atom stereocenters. The molecule has 1 aliphatic heterocycles. The largest absolute Gasteiger partial charge is 0.475 e. The van der Waals surface area contributed by atoms with Crippen LogP contribution in [0.1, 0.15) is 13.8 Å². The van der Waals surface area contributed by atoms with Gasteiger partial charge in [0.1, 0.15) is 4.99 Å². The molecular weight excluding hydrogens is 247 g/mol. The Morgan fingerprint density at radius 3 is 2.76 bits per heavy atom. The van der Waals surface area contributed by atoms with Gasteiger partial charge in [0.25, 0.3) is 5.69 Å². The van der Waals surface area contributed by atoms with E-state index < -0.39 is 16.3 Å². The molecule has 0 amide bonds. The first-order chi connectivity index (χ1) is 7.81. The summed E-state index contributed by atoms with van der Waals surface area (Å²) in [5, 5.41) is 13.3. The number of non-ortho nitro benzene ring substituents is 1. The Morgan fingerprint density at radius 1 is 1.53 bits per heavy atom. The van der Waals surface area contributed by atoms with E-state index in [2.05, 4.69) is 5.32 Å². The molecule has 0 fully saturated rings. The van der Waals surface area contributed by atoms with E-state index in [1.165, 1.54) is 6.07 Å². The number of nitro benzene ring substituents is 1. The lowest BCUT2D eigenvalue weighted by molar-refractivity contribution is -0.385. The van der Waals surface area contributed by atoms with Crippen molar-refractivity contribution in [3.05, 3.63) is 28.1 Å². The predicted molar refractivity (Wildman–Crippen MR) is 64.0 cm³/mol. The smallest absolute Gasteiger partial charge is 0.274 e. The summed E-state index contributed by atoms with van der Waals surface area (Å²) in [5.74, 6) is -0.827. The van der Waals surface area contributed by atoms with Crippen LogP contribution >= 0.6 is 12.2 Å². The number of nitrogens with one attached hydrogen (secondary N) is 1. The monoisotopic (exact) mass is 256 g/mol. The van der Waals surface area contributed by atoms with E-state index in [-0.39, 0.29) is 17.1 Å². The number of nitro groups is 1. The number of hydrogen-bond acceptors (Lipinski definition) is 4. The summed E-state index contributed by atoms with van der Waals surface area (Å²) in [6.45, 7) is 3.37. The number of thiocarbonyl (C=S) groups is 1. The fourth-order valence-electron chi connectivity index (χ4n) is 1.46. The van der Waals surface area contributed by atoms with Crippen LogP contribution in [0.3, 0.4) is 0 Å². The number of ether oxygens (including phenoxy) is 1. The highest BCUT2D eigenvalue weighted by Gasteiger charge is 2.34. The van der Waals surface area contributed by atoms with Crippen LogP contribution in [-0.4, -0.2) is 15.5 Å². The van der Waals surface area contributed by atoms with Gasteiger partial charge in [-0.25, -0.2) is 4.39 Å². The van der Waals surface area contributed by atoms with Crippen LogP contribution in [0.25, 0.3) is 0 Å². The highest BCUT2D eigenvalue weighted by atomic mass is 32.1. The van der Waals surface area contributed by atoms with Gasteiger partial charge in [-0.3, -0.25) is 10.1 Å². The summed E-state index contributed by atoms with van der Waals surface area (Å²) in [5.41, 5.74) is -1.000. The average molecular weight is 256 g/mol. The van der Waals surface area contributed by atoms with Crippen molar-refractivity contribution in [3.8, 4) is 5.75 Å². The second-order valence-corrected chi connectivity index (χ2v) is 4.54. The molecule has 1 aromatic carbocycles. The molecule has 1 aliphatic rings. The van der Waals surface area contributed by atoms with E-state index in [0.29, 0.717) is 4.99 Å². The van der Waals surface area contributed by atoms with Crippen molar-refractivity contribution < 1.29 is 14.1 Å². The molecule has 7 heteroatoms. The van der Waals surface area contributed by atoms with Crippen molar-refractivity contribution in [3.63, 3.8) is 0 Å². The van der Waals surface area contributed by atoms with Gasteiger partial charge in [-0.05, 0) is 13.8 Å². The topological polar surface area (TPSA) is 64.4 Å². The van der Waals surface area contributed by atoms with E-state index in [1.54, 1.807) is 13.8 Å². The molecule has 2 rings (SSSR count). The standard InChI is InChI=1S/C10H9FN2O3S/c1-10(2)9(17)12-7-4-5(13(14)15)3-6(11)8(7)16-10/h3-4H,1-2H3,(H,12,17). The first kappa shape index (κ1) is 11.7. The summed E-state index contributed by atoms with van der Waals surface area (Å²) in [7, 11) is 0. The van der Waals surface area contributed by atoms with Crippen molar-refractivity contribution in [1.29, 1.82) is 0 Å². The van der Waals surface area contributed by atoms with Gasteiger partial charge in [0.2, 0.25) is 0 Å². The molecule has 0 saturated heterocycles. The fourth-order valence-corrected chi connectivity index (χ4v) is 1.61. The predicted octanol–water partition coefficient (Wildman–Crippen LogP) is 2.64. The number of rotatable bonds is 1. The summed E-state index contributed by atoms with van der Waals surface area (Å²) >= 11 is 5.04. The lowest BCUT2D eigenvalue weighted by Crippen LogP contribution is -2.44. The molecule has 90 valence electrons. The zero-order valence-electron chi connectivity index (χ0n) is 9.11. The minimum atomic E-state index is -0.834. The van der Waals surface area contributed by atoms with Crippen LogP contribution in [-0.2, 0) is 0 Å². The molecule has 1 heterocycles. The zero-order chi connectivity index (χ0) is 12.8. The molecule has 17 heavy (non-hydrogen) atoms. The lowest BCUT2D eigenvalue weighted by Gasteiger charge is -2.33. The van der Waals surface area contributed by atoms with Crippen LogP contribution in [0.5, 0.6) is 5.75 Å². The molecule has 0 saturated carbocycles. The Kier molecular flexibility index (Phi) is 2.50. The minimum Gasteiger partial charge on any atom is -0.475 e. The summed E-state index contributed by atoms with van der Waals surface area (Å²) in [6.07, 6.45) is 0. The normalized spacial score (nSPS) is 16.8. The summed E-state index contributed by atoms with van der Waals surface area (Å²) in [4.78, 5) is 10.3. The van der Waals surface area contributed by atoms with Crippen LogP contribution in [0, 0.1) is 15.9 Å². The Bertz CT molecular complexity index is 531. The molecule has 1 N–H and O–H groups in total. The van der Waals surface area contributed by atoms with Crippen molar-refractivity contribution >= 4 is 28.6 Å². The Labute approximate surface area is 102 Å². The van der Waals surface area contributed by atoms with Gasteiger partial charge >= 0.3 is 0 Å². The van der Waals surface area contributed by atoms with Crippen molar-refractivity contribution in [2.75, 3.05) is 5.32 Å². The molecule has 0 aromatic heterocycles. The second kappa shape index (κ2) is 3.63. The van der Waals surface area contributed by atoms with E-state index in [9.17, 15) is 14.5 Å². The van der Waals surface area contributed by atoms with Crippen molar-refractivity contribution in [1.82, 2.24) is 0 Å². The number of fused-ring (bicyclic) bond motifs is 1. The fraction of sp³-hybridized carbons (Fsp3) is 0.300. The van der Waals surface area contributed by atoms with Crippen LogP contribution in [0.2, 0.25) is 0 Å². The number of nitrogens with zero attached hydrogens (tertiary/aromatic N) is 1. The number of halogens is 1. The maximum Gasteiger partial charge on any atom is 0.274 e. The third-order valence-corrected chi connectivity index (χ3v) is 2.99. The maximum atomic E-state index is 13.6. The van der Waals surface area contributed by atoms with Gasteiger partial charge < -0.3 is 10.1 Å². The first-order valence-corrected chi connectivity index (χ1v) is 5.20. The van der Waals surface area contributed by atoms with Gasteiger partial charge in [-0.15, -0.1) is 0 Å². The summed E-state index contributed by atoms with van der Waals surface area (Å²) in [6, 6.07) is 2.02. The number of anilines is 1. The first-order valence-electron chi connectivity index (χ1n) is 4.79. The van der Waals surface area contributed by atoms with Gasteiger partial charge in [0.15, 0.2) is 17.2 Å². The maximum absolute atomic E-state index is 13.6. The molecule has 1 aromatic rings. The molecule has 0 radical (unpaired) electrons. The zero-order valence-corrected chi connectivity index (χ0v) is 9.93. The van der Waals surface area contributed by atoms with E-state index in [0.717, 1.165) is 6.07 Å². The highest BCUT2D eigenvalue weighted by molar-refractivity contribution is 7.80. The van der Waals surface area contributed by atoms with Crippen LogP contribution in [0.4, 0.5) is 15.8 Å². The number of benzene rings is 1. The van der Waals surface area contributed by atoms with Crippen molar-refractivity contribution in [2.24, 2.45) is 0 Å². The molecule has 5 nitrogen and oxygen atoms in total. The van der Waals surface area contributed by atoms with Gasteiger partial charge in [-0.1, -0.05) is 12.2 Å². The minimum absolute atomic E-state index is 0.0470. The average Bonchev–Trinajstić information content (AvgIpc) is 2.20. The molecule has 0 atom stereocenters. The molecular formula is C10H9FN2O3S. The van der Waals surface area contributed by atoms with Gasteiger partial charge in [0, 0.05) is 6.07 Å². The Hall–Kier alpha value is -1.76. The summed E-state index contributed by atoms with van der Waals surface area (Å²) < 4.78 is 19.0. The van der Waals surface area contributed by atoms with Gasteiger partial charge in [-0.2, -0.15) is 0 Å². The quantitative estimate of drug-likeness (QED) is 0.475. The molecule has 0 bridgehead atoms. The Balaban J connectivity index is 2.55.